The average molecular weight is 188 g/mol. The molecular weight excluding hydrogens is 180 g/mol. The van der Waals surface area contributed by atoms with E-state index in [9.17, 15) is 9.59 Å². The second-order valence-corrected chi connectivity index (χ2v) is 2.76. The van der Waals surface area contributed by atoms with Crippen molar-refractivity contribution in [2.45, 2.75) is 11.9 Å². The number of aliphatic hydroxyl groups excluding tert-OH is 1. The molecule has 0 spiro atoms. The average Bonchev–Trinajstić information content (AvgIpc) is 1.96. The van der Waals surface area contributed by atoms with Crippen LogP contribution in [-0.4, -0.2) is 44.1 Å². The van der Waals surface area contributed by atoms with Crippen LogP contribution in [0, 0.1) is 5.92 Å². The molecule has 0 saturated carbocycles. The topological polar surface area (TPSA) is 115 Å². The molecule has 1 aliphatic rings. The first-order chi connectivity index (χ1) is 5.87. The van der Waals surface area contributed by atoms with E-state index < -0.39 is 29.6 Å². The van der Waals surface area contributed by atoms with Gasteiger partial charge in [-0.25, -0.2) is 0 Å². The van der Waals surface area contributed by atoms with Gasteiger partial charge >= 0.3 is 5.97 Å². The van der Waals surface area contributed by atoms with Crippen molar-refractivity contribution >= 4 is 11.8 Å². The highest BCUT2D eigenvalue weighted by Crippen LogP contribution is 2.25. The van der Waals surface area contributed by atoms with Crippen molar-refractivity contribution in [3.05, 3.63) is 12.2 Å². The molecular formula is C7H8O6. The van der Waals surface area contributed by atoms with Crippen LogP contribution in [0.3, 0.4) is 0 Å². The Bertz CT molecular complexity index is 279. The van der Waals surface area contributed by atoms with Crippen LogP contribution in [0.2, 0.25) is 0 Å². The van der Waals surface area contributed by atoms with Gasteiger partial charge in [-0.2, -0.15) is 0 Å². The lowest BCUT2D eigenvalue weighted by atomic mass is 9.85. The molecule has 6 heteroatoms. The van der Waals surface area contributed by atoms with Crippen molar-refractivity contribution in [3.63, 3.8) is 0 Å². The van der Waals surface area contributed by atoms with Crippen molar-refractivity contribution in [3.8, 4) is 0 Å². The van der Waals surface area contributed by atoms with Crippen LogP contribution in [0.1, 0.15) is 0 Å². The predicted octanol–water partition coefficient (Wildman–Crippen LogP) is -2.13. The number of carbonyl (C=O) groups excluding carboxylic acids is 1. The third-order valence-electron chi connectivity index (χ3n) is 1.83. The number of carbonyl (C=O) groups is 2. The maximum Gasteiger partial charge on any atom is 0.320 e. The quantitative estimate of drug-likeness (QED) is 0.276. The van der Waals surface area contributed by atoms with Crippen LogP contribution in [0.4, 0.5) is 0 Å². The van der Waals surface area contributed by atoms with Gasteiger partial charge in [-0.3, -0.25) is 9.59 Å². The molecule has 0 heterocycles. The number of allylic oxidation sites excluding steroid dienone is 1. The summed E-state index contributed by atoms with van der Waals surface area (Å²) in [4.78, 5) is 21.3. The van der Waals surface area contributed by atoms with E-state index in [-0.39, 0.29) is 0 Å². The summed E-state index contributed by atoms with van der Waals surface area (Å²) in [5.41, 5.74) is 0. The summed E-state index contributed by atoms with van der Waals surface area (Å²) in [5.74, 6) is -7.61. The van der Waals surface area contributed by atoms with Gasteiger partial charge in [0.25, 0.3) is 0 Å². The Kier molecular flexibility index (Phi) is 2.21. The SMILES string of the molecule is O=C(O)C1C(=O)C=CC(O)C1(O)O. The lowest BCUT2D eigenvalue weighted by molar-refractivity contribution is -0.243. The first kappa shape index (κ1) is 9.85. The number of aliphatic hydroxyl groups is 3. The highest BCUT2D eigenvalue weighted by molar-refractivity contribution is 6.06. The van der Waals surface area contributed by atoms with Gasteiger partial charge in [0, 0.05) is 0 Å². The van der Waals surface area contributed by atoms with Crippen molar-refractivity contribution in [2.24, 2.45) is 5.92 Å². The first-order valence-corrected chi connectivity index (χ1v) is 3.45. The van der Waals surface area contributed by atoms with E-state index in [4.69, 9.17) is 20.4 Å². The summed E-state index contributed by atoms with van der Waals surface area (Å²) in [5, 5.41) is 35.6. The molecule has 0 aliphatic heterocycles. The number of ketones is 1. The summed E-state index contributed by atoms with van der Waals surface area (Å²) in [6.45, 7) is 0. The van der Waals surface area contributed by atoms with Crippen molar-refractivity contribution in [1.29, 1.82) is 0 Å². The van der Waals surface area contributed by atoms with E-state index in [0.29, 0.717) is 0 Å². The maximum atomic E-state index is 10.9. The molecule has 0 saturated heterocycles. The second-order valence-electron chi connectivity index (χ2n) is 2.76. The maximum absolute atomic E-state index is 10.9. The fraction of sp³-hybridized carbons (Fsp3) is 0.429. The van der Waals surface area contributed by atoms with Gasteiger partial charge in [0.1, 0.15) is 6.10 Å². The Morgan fingerprint density at radius 2 is 2.00 bits per heavy atom. The fourth-order valence-corrected chi connectivity index (χ4v) is 1.11. The van der Waals surface area contributed by atoms with E-state index in [1.54, 1.807) is 0 Å². The first-order valence-electron chi connectivity index (χ1n) is 3.45. The van der Waals surface area contributed by atoms with E-state index in [1.165, 1.54) is 0 Å². The van der Waals surface area contributed by atoms with Crippen LogP contribution >= 0.6 is 0 Å². The molecule has 6 nitrogen and oxygen atoms in total. The Balaban J connectivity index is 3.11. The number of rotatable bonds is 1. The van der Waals surface area contributed by atoms with Gasteiger partial charge in [0.2, 0.25) is 5.79 Å². The second kappa shape index (κ2) is 2.91. The Labute approximate surface area is 72.7 Å². The zero-order valence-corrected chi connectivity index (χ0v) is 6.41. The van der Waals surface area contributed by atoms with Crippen molar-refractivity contribution in [2.75, 3.05) is 0 Å². The summed E-state index contributed by atoms with van der Waals surface area (Å²) in [6, 6.07) is 0. The molecule has 13 heavy (non-hydrogen) atoms. The number of carboxylic acid groups (broad SMARTS) is 1. The van der Waals surface area contributed by atoms with E-state index in [1.807, 2.05) is 0 Å². The van der Waals surface area contributed by atoms with Crippen LogP contribution in [0.15, 0.2) is 12.2 Å². The fourth-order valence-electron chi connectivity index (χ4n) is 1.11. The molecule has 72 valence electrons. The standard InChI is InChI=1S/C7H8O6/c8-3-1-2-4(9)7(12,13)5(3)6(10)11/h1-2,4-5,9,12-13H,(H,10,11). The summed E-state index contributed by atoms with van der Waals surface area (Å²) in [6.07, 6.45) is -0.123. The molecule has 1 rings (SSSR count). The molecule has 2 atom stereocenters. The number of hydrogen-bond donors (Lipinski definition) is 4. The lowest BCUT2D eigenvalue weighted by Gasteiger charge is -2.32. The van der Waals surface area contributed by atoms with Gasteiger partial charge in [-0.1, -0.05) is 0 Å². The minimum atomic E-state index is -2.93. The van der Waals surface area contributed by atoms with E-state index in [0.717, 1.165) is 12.2 Å². The van der Waals surface area contributed by atoms with Gasteiger partial charge in [-0.15, -0.1) is 0 Å². The molecule has 1 aliphatic carbocycles. The molecule has 0 bridgehead atoms. The van der Waals surface area contributed by atoms with E-state index in [2.05, 4.69) is 0 Å². The Morgan fingerprint density at radius 1 is 1.46 bits per heavy atom. The molecule has 0 aromatic rings. The monoisotopic (exact) mass is 188 g/mol. The lowest BCUT2D eigenvalue weighted by Crippen LogP contribution is -2.56. The smallest absolute Gasteiger partial charge is 0.320 e. The van der Waals surface area contributed by atoms with Crippen LogP contribution in [0.25, 0.3) is 0 Å². The summed E-state index contributed by atoms with van der Waals surface area (Å²) >= 11 is 0. The van der Waals surface area contributed by atoms with E-state index >= 15 is 0 Å². The van der Waals surface area contributed by atoms with Crippen LogP contribution in [-0.2, 0) is 9.59 Å². The largest absolute Gasteiger partial charge is 0.481 e. The third-order valence-corrected chi connectivity index (χ3v) is 1.83. The highest BCUT2D eigenvalue weighted by Gasteiger charge is 2.51. The molecule has 0 fully saturated rings. The zero-order chi connectivity index (χ0) is 10.2. The molecule has 0 aromatic heterocycles. The zero-order valence-electron chi connectivity index (χ0n) is 6.41. The normalized spacial score (nSPS) is 31.8. The summed E-state index contributed by atoms with van der Waals surface area (Å²) < 4.78 is 0. The Hall–Kier alpha value is -1.24. The molecule has 0 amide bonds. The molecule has 0 radical (unpaired) electrons. The minimum Gasteiger partial charge on any atom is -0.481 e. The van der Waals surface area contributed by atoms with Gasteiger partial charge in [-0.05, 0) is 12.2 Å². The Morgan fingerprint density at radius 3 is 2.38 bits per heavy atom. The van der Waals surface area contributed by atoms with Crippen LogP contribution in [0.5, 0.6) is 0 Å². The van der Waals surface area contributed by atoms with Gasteiger partial charge in [0.15, 0.2) is 11.7 Å². The molecule has 2 unspecified atom stereocenters. The van der Waals surface area contributed by atoms with Crippen molar-refractivity contribution < 1.29 is 30.0 Å². The minimum absolute atomic E-state index is 0.814. The van der Waals surface area contributed by atoms with Crippen LogP contribution < -0.4 is 0 Å². The highest BCUT2D eigenvalue weighted by atomic mass is 16.5. The summed E-state index contributed by atoms with van der Waals surface area (Å²) in [7, 11) is 0. The third kappa shape index (κ3) is 1.46. The van der Waals surface area contributed by atoms with Crippen molar-refractivity contribution in [1.82, 2.24) is 0 Å². The predicted molar refractivity (Wildman–Crippen MR) is 38.4 cm³/mol. The van der Waals surface area contributed by atoms with Gasteiger partial charge in [0.05, 0.1) is 0 Å². The molecule has 0 aromatic carbocycles. The van der Waals surface area contributed by atoms with Gasteiger partial charge < -0.3 is 20.4 Å². The number of carboxylic acids is 1. The molecule has 4 N–H and O–H groups in total. The number of aliphatic carboxylic acids is 1. The number of hydrogen-bond acceptors (Lipinski definition) is 5.